The van der Waals surface area contributed by atoms with Gasteiger partial charge in [-0.1, -0.05) is 24.3 Å². The van der Waals surface area contributed by atoms with Crippen molar-refractivity contribution < 1.29 is 14.3 Å². The Morgan fingerprint density at radius 3 is 2.58 bits per heavy atom. The van der Waals surface area contributed by atoms with E-state index in [2.05, 4.69) is 18.7 Å². The minimum Gasteiger partial charge on any atom is -0.508 e. The molecular formula is C26H27NO4. The van der Waals surface area contributed by atoms with Crippen LogP contribution in [0.4, 0.5) is 0 Å². The third-order valence-electron chi connectivity index (χ3n) is 5.43. The molecule has 0 aliphatic carbocycles. The van der Waals surface area contributed by atoms with Gasteiger partial charge in [0.2, 0.25) is 5.43 Å². The fourth-order valence-corrected chi connectivity index (χ4v) is 3.74. The molecule has 5 nitrogen and oxygen atoms in total. The van der Waals surface area contributed by atoms with E-state index >= 15 is 0 Å². The number of ether oxygens (including phenoxy) is 1. The van der Waals surface area contributed by atoms with Crippen molar-refractivity contribution in [1.82, 2.24) is 4.90 Å². The molecule has 5 heteroatoms. The highest BCUT2D eigenvalue weighted by Crippen LogP contribution is 2.23. The first-order valence-electron chi connectivity index (χ1n) is 10.6. The number of aromatic hydroxyl groups is 1. The van der Waals surface area contributed by atoms with E-state index in [9.17, 15) is 9.90 Å². The Morgan fingerprint density at radius 2 is 1.77 bits per heavy atom. The van der Waals surface area contributed by atoms with Crippen LogP contribution in [0.15, 0.2) is 75.9 Å². The summed E-state index contributed by atoms with van der Waals surface area (Å²) < 4.78 is 11.8. The Morgan fingerprint density at radius 1 is 0.968 bits per heavy atom. The van der Waals surface area contributed by atoms with Crippen molar-refractivity contribution >= 4 is 21.9 Å². The fourth-order valence-electron chi connectivity index (χ4n) is 3.74. The van der Waals surface area contributed by atoms with E-state index in [-0.39, 0.29) is 5.43 Å². The Hall–Kier alpha value is -3.31. The lowest BCUT2D eigenvalue weighted by molar-refractivity contribution is 0.190. The van der Waals surface area contributed by atoms with Gasteiger partial charge in [-0.25, -0.2) is 0 Å². The van der Waals surface area contributed by atoms with Crippen LogP contribution in [0.1, 0.15) is 25.8 Å². The molecule has 0 saturated heterocycles. The van der Waals surface area contributed by atoms with E-state index in [0.717, 1.165) is 25.1 Å². The molecule has 4 aromatic rings. The lowest BCUT2D eigenvalue weighted by atomic mass is 10.1. The van der Waals surface area contributed by atoms with Gasteiger partial charge in [-0.15, -0.1) is 0 Å². The molecule has 0 unspecified atom stereocenters. The van der Waals surface area contributed by atoms with Gasteiger partial charge in [0.1, 0.15) is 22.7 Å². The Bertz CT molecular complexity index is 1250. The van der Waals surface area contributed by atoms with Gasteiger partial charge in [0.05, 0.1) is 17.4 Å². The van der Waals surface area contributed by atoms with Gasteiger partial charge in [0, 0.05) is 25.2 Å². The highest BCUT2D eigenvalue weighted by molar-refractivity contribution is 5.90. The van der Waals surface area contributed by atoms with E-state index in [0.29, 0.717) is 46.1 Å². The smallest absolute Gasteiger partial charge is 0.200 e. The van der Waals surface area contributed by atoms with Gasteiger partial charge in [-0.3, -0.25) is 9.69 Å². The number of rotatable bonds is 8. The molecule has 4 rings (SSSR count). The molecule has 160 valence electrons. The van der Waals surface area contributed by atoms with Gasteiger partial charge in [-0.05, 0) is 62.2 Å². The number of phenols is 1. The minimum absolute atomic E-state index is 0.0251. The summed E-state index contributed by atoms with van der Waals surface area (Å²) in [7, 11) is 0. The predicted molar refractivity (Wildman–Crippen MR) is 124 cm³/mol. The second-order valence-corrected chi connectivity index (χ2v) is 8.02. The number of benzene rings is 3. The topological polar surface area (TPSA) is 62.9 Å². The van der Waals surface area contributed by atoms with Crippen LogP contribution in [-0.4, -0.2) is 29.2 Å². The molecular weight excluding hydrogens is 390 g/mol. The summed E-state index contributed by atoms with van der Waals surface area (Å²) in [6.07, 6.45) is 0.858. The van der Waals surface area contributed by atoms with E-state index < -0.39 is 0 Å². The minimum atomic E-state index is -0.0251. The average Bonchev–Trinajstić information content (AvgIpc) is 2.76. The largest absolute Gasteiger partial charge is 0.508 e. The third kappa shape index (κ3) is 4.89. The van der Waals surface area contributed by atoms with Gasteiger partial charge in [0.15, 0.2) is 0 Å². The van der Waals surface area contributed by atoms with Crippen LogP contribution in [-0.2, 0) is 6.54 Å². The van der Waals surface area contributed by atoms with Crippen molar-refractivity contribution in [3.63, 3.8) is 0 Å². The Kier molecular flexibility index (Phi) is 6.23. The van der Waals surface area contributed by atoms with Crippen LogP contribution < -0.4 is 10.2 Å². The highest BCUT2D eigenvalue weighted by atomic mass is 16.5. The van der Waals surface area contributed by atoms with Crippen molar-refractivity contribution in [2.75, 3.05) is 13.2 Å². The van der Waals surface area contributed by atoms with Crippen LogP contribution in [0.5, 0.6) is 11.5 Å². The zero-order valence-electron chi connectivity index (χ0n) is 17.9. The lowest BCUT2D eigenvalue weighted by Gasteiger charge is -2.26. The quantitative estimate of drug-likeness (QED) is 0.310. The van der Waals surface area contributed by atoms with Gasteiger partial charge in [0.25, 0.3) is 0 Å². The first-order valence-corrected chi connectivity index (χ1v) is 10.6. The average molecular weight is 418 g/mol. The van der Waals surface area contributed by atoms with E-state index in [1.807, 2.05) is 30.3 Å². The van der Waals surface area contributed by atoms with Crippen molar-refractivity contribution in [3.05, 3.63) is 82.5 Å². The molecule has 0 aliphatic rings. The summed E-state index contributed by atoms with van der Waals surface area (Å²) in [5, 5.41) is 10.8. The zero-order valence-corrected chi connectivity index (χ0v) is 17.9. The van der Waals surface area contributed by atoms with Gasteiger partial charge < -0.3 is 14.3 Å². The Balaban J connectivity index is 1.39. The third-order valence-corrected chi connectivity index (χ3v) is 5.43. The van der Waals surface area contributed by atoms with Crippen LogP contribution >= 0.6 is 0 Å². The molecule has 0 fully saturated rings. The molecule has 0 bridgehead atoms. The summed E-state index contributed by atoms with van der Waals surface area (Å²) >= 11 is 0. The monoisotopic (exact) mass is 417 g/mol. The lowest BCUT2D eigenvalue weighted by Crippen LogP contribution is -2.32. The standard InChI is InChI=1S/C26H27NO4/c1-18(2)27(17-19-7-5-8-20(28)15-19)13-6-14-30-21-11-12-23-25(16-21)31-24-10-4-3-9-22(24)26(23)29/h3-5,7-12,15-16,18,28H,6,13-14,17H2,1-2H3. The van der Waals surface area contributed by atoms with E-state index in [1.165, 1.54) is 0 Å². The molecule has 31 heavy (non-hydrogen) atoms. The molecule has 0 aliphatic heterocycles. The number of fused-ring (bicyclic) bond motifs is 2. The molecule has 1 N–H and O–H groups in total. The van der Waals surface area contributed by atoms with Crippen molar-refractivity contribution in [3.8, 4) is 11.5 Å². The predicted octanol–water partition coefficient (Wildman–Crippen LogP) is 5.33. The molecule has 3 aromatic carbocycles. The molecule has 1 aromatic heterocycles. The van der Waals surface area contributed by atoms with Gasteiger partial charge >= 0.3 is 0 Å². The summed E-state index contributed by atoms with van der Waals surface area (Å²) in [5.74, 6) is 0.982. The molecule has 0 atom stereocenters. The van der Waals surface area contributed by atoms with Crippen molar-refractivity contribution in [1.29, 1.82) is 0 Å². The van der Waals surface area contributed by atoms with Crippen molar-refractivity contribution in [2.24, 2.45) is 0 Å². The molecule has 0 saturated carbocycles. The van der Waals surface area contributed by atoms with Crippen LogP contribution in [0.2, 0.25) is 0 Å². The summed E-state index contributed by atoms with van der Waals surface area (Å²) in [4.78, 5) is 15.0. The zero-order chi connectivity index (χ0) is 21.8. The van der Waals surface area contributed by atoms with Crippen LogP contribution in [0.25, 0.3) is 21.9 Å². The Labute approximate surface area is 181 Å². The second-order valence-electron chi connectivity index (χ2n) is 8.02. The maximum Gasteiger partial charge on any atom is 0.200 e. The maximum atomic E-state index is 12.6. The van der Waals surface area contributed by atoms with Crippen LogP contribution in [0, 0.1) is 0 Å². The van der Waals surface area contributed by atoms with E-state index in [4.69, 9.17) is 9.15 Å². The first-order chi connectivity index (χ1) is 15.0. The second kappa shape index (κ2) is 9.23. The molecule has 1 heterocycles. The number of phenolic OH excluding ortho intramolecular Hbond substituents is 1. The van der Waals surface area contributed by atoms with E-state index in [1.54, 1.807) is 36.4 Å². The number of hydrogen-bond donors (Lipinski definition) is 1. The SMILES string of the molecule is CC(C)N(CCCOc1ccc2c(=O)c3ccccc3oc2c1)Cc1cccc(O)c1. The summed E-state index contributed by atoms with van der Waals surface area (Å²) in [5.41, 5.74) is 2.18. The normalized spacial score (nSPS) is 11.6. The van der Waals surface area contributed by atoms with Crippen molar-refractivity contribution in [2.45, 2.75) is 32.9 Å². The number of para-hydroxylation sites is 1. The first kappa shape index (κ1) is 20.9. The molecule has 0 radical (unpaired) electrons. The van der Waals surface area contributed by atoms with Gasteiger partial charge in [-0.2, -0.15) is 0 Å². The molecule has 0 amide bonds. The number of nitrogens with zero attached hydrogens (tertiary/aromatic N) is 1. The maximum absolute atomic E-state index is 12.6. The fraction of sp³-hybridized carbons (Fsp3) is 0.269. The summed E-state index contributed by atoms with van der Waals surface area (Å²) in [6, 6.07) is 20.4. The van der Waals surface area contributed by atoms with Crippen LogP contribution in [0.3, 0.4) is 0 Å². The molecule has 0 spiro atoms. The summed E-state index contributed by atoms with van der Waals surface area (Å²) in [6.45, 7) is 6.55. The highest BCUT2D eigenvalue weighted by Gasteiger charge is 2.11. The number of hydrogen-bond acceptors (Lipinski definition) is 5.